The molecule has 0 unspecified atom stereocenters. The van der Waals surface area contributed by atoms with Gasteiger partial charge in [0, 0.05) is 17.6 Å². The van der Waals surface area contributed by atoms with Gasteiger partial charge in [0.15, 0.2) is 5.82 Å². The third kappa shape index (κ3) is 2.69. The van der Waals surface area contributed by atoms with Gasteiger partial charge in [-0.2, -0.15) is 13.2 Å². The van der Waals surface area contributed by atoms with Crippen LogP contribution in [0.25, 0.3) is 0 Å². The fraction of sp³-hybridized carbons (Fsp3) is 0.105. The van der Waals surface area contributed by atoms with Crippen LogP contribution in [0.2, 0.25) is 0 Å². The number of benzene rings is 2. The average Bonchev–Trinajstić information content (AvgIpc) is 3.02. The average molecular weight is 341 g/mol. The van der Waals surface area contributed by atoms with Gasteiger partial charge in [-0.15, -0.1) is 0 Å². The molecule has 0 aliphatic carbocycles. The molecule has 1 aromatic heterocycles. The first-order chi connectivity index (χ1) is 12.1. The Morgan fingerprint density at radius 3 is 1.88 bits per heavy atom. The molecule has 0 saturated carbocycles. The fourth-order valence-corrected chi connectivity index (χ4v) is 3.04. The maximum Gasteiger partial charge on any atom is 0.418 e. The molecule has 2 aromatic carbocycles. The van der Waals surface area contributed by atoms with E-state index in [1.54, 1.807) is 21.9 Å². The van der Waals surface area contributed by atoms with Crippen molar-refractivity contribution in [1.29, 1.82) is 0 Å². The van der Waals surface area contributed by atoms with Crippen molar-refractivity contribution in [2.24, 2.45) is 0 Å². The number of hydrogen-bond acceptors (Lipinski definition) is 3. The van der Waals surface area contributed by atoms with Crippen LogP contribution < -0.4 is 9.80 Å². The number of rotatable bonds is 2. The Balaban J connectivity index is 1.91. The highest BCUT2D eigenvalue weighted by Gasteiger charge is 2.41. The van der Waals surface area contributed by atoms with Gasteiger partial charge in [-0.3, -0.25) is 0 Å². The second kappa shape index (κ2) is 5.81. The monoisotopic (exact) mass is 341 g/mol. The lowest BCUT2D eigenvalue weighted by molar-refractivity contribution is -0.137. The lowest BCUT2D eigenvalue weighted by atomic mass is 10.1. The van der Waals surface area contributed by atoms with E-state index >= 15 is 0 Å². The zero-order chi connectivity index (χ0) is 17.4. The molecule has 0 atom stereocenters. The minimum absolute atomic E-state index is 0.0880. The van der Waals surface area contributed by atoms with Crippen molar-refractivity contribution in [3.05, 3.63) is 78.5 Å². The van der Waals surface area contributed by atoms with Crippen LogP contribution in [-0.4, -0.2) is 11.7 Å². The maximum atomic E-state index is 13.6. The molecule has 0 amide bonds. The van der Waals surface area contributed by atoms with Crippen molar-refractivity contribution >= 4 is 22.9 Å². The molecule has 0 fully saturated rings. The molecular weight excluding hydrogens is 327 g/mol. The highest BCUT2D eigenvalue weighted by Crippen LogP contribution is 2.48. The first-order valence-electron chi connectivity index (χ1n) is 7.77. The number of pyridine rings is 1. The predicted molar refractivity (Wildman–Crippen MR) is 91.3 cm³/mol. The van der Waals surface area contributed by atoms with Crippen LogP contribution >= 0.6 is 0 Å². The zero-order valence-electron chi connectivity index (χ0n) is 13.1. The molecule has 3 aromatic rings. The summed E-state index contributed by atoms with van der Waals surface area (Å²) in [6.45, 7) is 0.267. The van der Waals surface area contributed by atoms with E-state index in [1.807, 2.05) is 48.5 Å². The van der Waals surface area contributed by atoms with Crippen LogP contribution in [0, 0.1) is 0 Å². The molecule has 1 aliphatic heterocycles. The van der Waals surface area contributed by atoms with E-state index in [0.29, 0.717) is 11.5 Å². The predicted octanol–water partition coefficient (Wildman–Crippen LogP) is 5.35. The Hall–Kier alpha value is -3.02. The number of hydrogen-bond donors (Lipinski definition) is 0. The van der Waals surface area contributed by atoms with Crippen molar-refractivity contribution in [3.63, 3.8) is 0 Å². The number of nitrogens with zero attached hydrogens (tertiary/aromatic N) is 3. The summed E-state index contributed by atoms with van der Waals surface area (Å²) in [5.41, 5.74) is 0.902. The highest BCUT2D eigenvalue weighted by atomic mass is 19.4. The van der Waals surface area contributed by atoms with Crippen LogP contribution in [0.3, 0.4) is 0 Å². The van der Waals surface area contributed by atoms with Crippen molar-refractivity contribution in [2.75, 3.05) is 16.5 Å². The molecule has 4 rings (SSSR count). The summed E-state index contributed by atoms with van der Waals surface area (Å²) in [5.74, 6) is 0.310. The summed E-state index contributed by atoms with van der Waals surface area (Å²) in [6.07, 6.45) is -3.24. The Bertz CT molecular complexity index is 879. The smallest absolute Gasteiger partial charge is 0.319 e. The normalized spacial score (nSPS) is 13.9. The standard InChI is InChI=1S/C19H14F3N3/c20-19(21,22)16-11-12-23-18-17(16)24(14-7-3-1-4-8-14)13-25(18)15-9-5-2-6-10-15/h1-12H,13H2. The van der Waals surface area contributed by atoms with Gasteiger partial charge in [0.1, 0.15) is 6.67 Å². The number of anilines is 4. The van der Waals surface area contributed by atoms with E-state index in [9.17, 15) is 13.2 Å². The van der Waals surface area contributed by atoms with Crippen molar-refractivity contribution in [2.45, 2.75) is 6.18 Å². The topological polar surface area (TPSA) is 19.4 Å². The van der Waals surface area contributed by atoms with Gasteiger partial charge in [-0.25, -0.2) is 4.98 Å². The van der Waals surface area contributed by atoms with E-state index in [0.717, 1.165) is 11.8 Å². The second-order valence-electron chi connectivity index (χ2n) is 5.70. The summed E-state index contributed by atoms with van der Waals surface area (Å²) < 4.78 is 40.8. The fourth-order valence-electron chi connectivity index (χ4n) is 3.04. The van der Waals surface area contributed by atoms with Gasteiger partial charge in [0.2, 0.25) is 0 Å². The number of fused-ring (bicyclic) bond motifs is 1. The summed E-state index contributed by atoms with van der Waals surface area (Å²) in [5, 5.41) is 0. The molecule has 0 spiro atoms. The molecule has 25 heavy (non-hydrogen) atoms. The quantitative estimate of drug-likeness (QED) is 0.626. The third-order valence-electron chi connectivity index (χ3n) is 4.15. The molecule has 3 nitrogen and oxygen atoms in total. The van der Waals surface area contributed by atoms with Crippen LogP contribution in [0.4, 0.5) is 36.1 Å². The van der Waals surface area contributed by atoms with E-state index in [1.165, 1.54) is 6.20 Å². The molecule has 6 heteroatoms. The highest BCUT2D eigenvalue weighted by molar-refractivity contribution is 5.86. The first kappa shape index (κ1) is 15.5. The summed E-state index contributed by atoms with van der Waals surface area (Å²) >= 11 is 0. The molecule has 0 N–H and O–H groups in total. The van der Waals surface area contributed by atoms with Crippen LogP contribution in [0.1, 0.15) is 5.56 Å². The number of aromatic nitrogens is 1. The molecule has 126 valence electrons. The van der Waals surface area contributed by atoms with Crippen molar-refractivity contribution in [3.8, 4) is 0 Å². The second-order valence-corrected chi connectivity index (χ2v) is 5.70. The molecule has 0 saturated heterocycles. The van der Waals surface area contributed by atoms with E-state index in [-0.39, 0.29) is 12.4 Å². The Morgan fingerprint density at radius 1 is 0.760 bits per heavy atom. The Kier molecular flexibility index (Phi) is 3.60. The molecule has 0 radical (unpaired) electrons. The van der Waals surface area contributed by atoms with Crippen molar-refractivity contribution < 1.29 is 13.2 Å². The molecule has 2 heterocycles. The molecule has 1 aliphatic rings. The number of para-hydroxylation sites is 2. The largest absolute Gasteiger partial charge is 0.418 e. The van der Waals surface area contributed by atoms with E-state index in [2.05, 4.69) is 4.98 Å². The summed E-state index contributed by atoms with van der Waals surface area (Å²) in [7, 11) is 0. The number of alkyl halides is 3. The molecular formula is C19H14F3N3. The molecule has 0 bridgehead atoms. The van der Waals surface area contributed by atoms with Crippen LogP contribution in [0.5, 0.6) is 0 Å². The maximum absolute atomic E-state index is 13.6. The first-order valence-corrected chi connectivity index (χ1v) is 7.77. The van der Waals surface area contributed by atoms with Gasteiger partial charge in [-0.1, -0.05) is 36.4 Å². The van der Waals surface area contributed by atoms with E-state index in [4.69, 9.17) is 0 Å². The third-order valence-corrected chi connectivity index (χ3v) is 4.15. The zero-order valence-corrected chi connectivity index (χ0v) is 13.1. The van der Waals surface area contributed by atoms with Gasteiger partial charge >= 0.3 is 6.18 Å². The van der Waals surface area contributed by atoms with E-state index < -0.39 is 11.7 Å². The minimum Gasteiger partial charge on any atom is -0.319 e. The lowest BCUT2D eigenvalue weighted by Crippen LogP contribution is -2.24. The van der Waals surface area contributed by atoms with Gasteiger partial charge < -0.3 is 9.80 Å². The van der Waals surface area contributed by atoms with Gasteiger partial charge in [-0.05, 0) is 30.3 Å². The Morgan fingerprint density at radius 2 is 1.32 bits per heavy atom. The Labute approximate surface area is 143 Å². The van der Waals surface area contributed by atoms with Crippen LogP contribution in [-0.2, 0) is 6.18 Å². The lowest BCUT2D eigenvalue weighted by Gasteiger charge is -2.22. The number of halogens is 3. The summed E-state index contributed by atoms with van der Waals surface area (Å²) in [6, 6.07) is 19.4. The SMILES string of the molecule is FC(F)(F)c1ccnc2c1N(c1ccccc1)CN2c1ccccc1. The van der Waals surface area contributed by atoms with Crippen LogP contribution in [0.15, 0.2) is 72.9 Å². The van der Waals surface area contributed by atoms with Crippen molar-refractivity contribution in [1.82, 2.24) is 4.98 Å². The minimum atomic E-state index is -4.45. The summed E-state index contributed by atoms with van der Waals surface area (Å²) in [4.78, 5) is 7.69. The van der Waals surface area contributed by atoms with Gasteiger partial charge in [0.25, 0.3) is 0 Å². The van der Waals surface area contributed by atoms with Gasteiger partial charge in [0.05, 0.1) is 11.3 Å².